The van der Waals surface area contributed by atoms with Gasteiger partial charge < -0.3 is 9.67 Å². The zero-order valence-corrected chi connectivity index (χ0v) is 10.4. The minimum Gasteiger partial charge on any atom is -0.392 e. The van der Waals surface area contributed by atoms with Crippen molar-refractivity contribution >= 4 is 10.9 Å². The van der Waals surface area contributed by atoms with Gasteiger partial charge in [-0.2, -0.15) is 0 Å². The molecule has 3 heteroatoms. The summed E-state index contributed by atoms with van der Waals surface area (Å²) >= 11 is 0. The molecule has 3 rings (SSSR count). The van der Waals surface area contributed by atoms with Crippen LogP contribution in [0.2, 0.25) is 0 Å². The first-order chi connectivity index (χ1) is 9.28. The number of aliphatic hydroxyl groups excluding tert-OH is 1. The molecule has 1 aromatic heterocycles. The molecule has 0 aliphatic rings. The maximum absolute atomic E-state index is 13.2. The van der Waals surface area contributed by atoms with Crippen molar-refractivity contribution in [3.8, 4) is 0 Å². The number of benzene rings is 2. The zero-order chi connectivity index (χ0) is 13.2. The molecule has 0 saturated carbocycles. The molecule has 0 fully saturated rings. The largest absolute Gasteiger partial charge is 0.392 e. The lowest BCUT2D eigenvalue weighted by Gasteiger charge is -2.07. The van der Waals surface area contributed by atoms with E-state index in [-0.39, 0.29) is 12.4 Å². The minimum absolute atomic E-state index is 0.0291. The second-order valence-corrected chi connectivity index (χ2v) is 4.58. The van der Waals surface area contributed by atoms with Crippen LogP contribution in [0, 0.1) is 5.82 Å². The van der Waals surface area contributed by atoms with Crippen LogP contribution in [-0.2, 0) is 13.2 Å². The van der Waals surface area contributed by atoms with E-state index in [1.54, 1.807) is 12.1 Å². The van der Waals surface area contributed by atoms with Crippen molar-refractivity contribution in [2.24, 2.45) is 0 Å². The fourth-order valence-electron chi connectivity index (χ4n) is 2.39. The van der Waals surface area contributed by atoms with Crippen molar-refractivity contribution in [2.45, 2.75) is 13.2 Å². The Morgan fingerprint density at radius 2 is 1.89 bits per heavy atom. The molecule has 19 heavy (non-hydrogen) atoms. The number of nitrogens with zero attached hydrogens (tertiary/aromatic N) is 1. The molecule has 0 bridgehead atoms. The number of hydrogen-bond acceptors (Lipinski definition) is 1. The fraction of sp³-hybridized carbons (Fsp3) is 0.125. The van der Waals surface area contributed by atoms with Gasteiger partial charge in [-0.15, -0.1) is 0 Å². The van der Waals surface area contributed by atoms with Gasteiger partial charge in [0.25, 0.3) is 0 Å². The standard InChI is InChI=1S/C16H14FNO/c17-14-5-1-3-12(9-14)10-18-8-7-15-13(11-19)4-2-6-16(15)18/h1-9,19H,10-11H2. The topological polar surface area (TPSA) is 25.2 Å². The van der Waals surface area contributed by atoms with E-state index in [9.17, 15) is 9.50 Å². The van der Waals surface area contributed by atoms with E-state index in [2.05, 4.69) is 4.57 Å². The smallest absolute Gasteiger partial charge is 0.123 e. The molecule has 2 nitrogen and oxygen atoms in total. The average molecular weight is 255 g/mol. The summed E-state index contributed by atoms with van der Waals surface area (Å²) in [6, 6.07) is 14.4. The van der Waals surface area contributed by atoms with E-state index in [1.165, 1.54) is 6.07 Å². The maximum atomic E-state index is 13.2. The minimum atomic E-state index is -0.218. The Bertz CT molecular complexity index is 718. The van der Waals surface area contributed by atoms with Crippen molar-refractivity contribution < 1.29 is 9.50 Å². The van der Waals surface area contributed by atoms with Gasteiger partial charge in [0.05, 0.1) is 6.61 Å². The van der Waals surface area contributed by atoms with E-state index in [0.717, 1.165) is 22.0 Å². The lowest BCUT2D eigenvalue weighted by atomic mass is 10.1. The maximum Gasteiger partial charge on any atom is 0.123 e. The van der Waals surface area contributed by atoms with E-state index in [0.29, 0.717) is 6.54 Å². The van der Waals surface area contributed by atoms with Gasteiger partial charge in [0, 0.05) is 23.6 Å². The first-order valence-corrected chi connectivity index (χ1v) is 6.20. The Labute approximate surface area is 110 Å². The quantitative estimate of drug-likeness (QED) is 0.763. The number of halogens is 1. The number of hydrogen-bond donors (Lipinski definition) is 1. The van der Waals surface area contributed by atoms with Crippen molar-refractivity contribution in [1.29, 1.82) is 0 Å². The van der Waals surface area contributed by atoms with Crippen molar-refractivity contribution in [3.63, 3.8) is 0 Å². The average Bonchev–Trinajstić information content (AvgIpc) is 2.82. The predicted octanol–water partition coefficient (Wildman–Crippen LogP) is 3.32. The summed E-state index contributed by atoms with van der Waals surface area (Å²) in [4.78, 5) is 0. The molecular weight excluding hydrogens is 241 g/mol. The van der Waals surface area contributed by atoms with E-state index >= 15 is 0 Å². The van der Waals surface area contributed by atoms with Gasteiger partial charge in [0.2, 0.25) is 0 Å². The summed E-state index contributed by atoms with van der Waals surface area (Å²) < 4.78 is 15.2. The van der Waals surface area contributed by atoms with E-state index in [1.807, 2.05) is 36.5 Å². The fourth-order valence-corrected chi connectivity index (χ4v) is 2.39. The first-order valence-electron chi connectivity index (χ1n) is 6.20. The Balaban J connectivity index is 2.02. The molecule has 0 unspecified atom stereocenters. The highest BCUT2D eigenvalue weighted by Crippen LogP contribution is 2.21. The second kappa shape index (κ2) is 4.86. The van der Waals surface area contributed by atoms with Crippen LogP contribution in [0.25, 0.3) is 10.9 Å². The van der Waals surface area contributed by atoms with Gasteiger partial charge in [-0.25, -0.2) is 4.39 Å². The third-order valence-electron chi connectivity index (χ3n) is 3.32. The molecule has 0 amide bonds. The normalized spacial score (nSPS) is 11.1. The summed E-state index contributed by atoms with van der Waals surface area (Å²) in [6.07, 6.45) is 1.97. The zero-order valence-electron chi connectivity index (χ0n) is 10.4. The SMILES string of the molecule is OCc1cccc2c1ccn2Cc1cccc(F)c1. The molecule has 96 valence electrons. The third-order valence-corrected chi connectivity index (χ3v) is 3.32. The molecular formula is C16H14FNO. The second-order valence-electron chi connectivity index (χ2n) is 4.58. The molecule has 0 aliphatic heterocycles. The Kier molecular flexibility index (Phi) is 3.05. The number of aliphatic hydroxyl groups is 1. The monoisotopic (exact) mass is 255 g/mol. The highest BCUT2D eigenvalue weighted by molar-refractivity contribution is 5.83. The van der Waals surface area contributed by atoms with Crippen LogP contribution in [0.15, 0.2) is 54.7 Å². The summed E-state index contributed by atoms with van der Waals surface area (Å²) in [5.41, 5.74) is 2.89. The lowest BCUT2D eigenvalue weighted by molar-refractivity contribution is 0.283. The van der Waals surface area contributed by atoms with E-state index < -0.39 is 0 Å². The molecule has 0 radical (unpaired) electrons. The van der Waals surface area contributed by atoms with Crippen LogP contribution >= 0.6 is 0 Å². The lowest BCUT2D eigenvalue weighted by Crippen LogP contribution is -1.98. The molecule has 0 atom stereocenters. The van der Waals surface area contributed by atoms with Gasteiger partial charge in [-0.1, -0.05) is 24.3 Å². The molecule has 1 N–H and O–H groups in total. The van der Waals surface area contributed by atoms with Gasteiger partial charge in [-0.3, -0.25) is 0 Å². The van der Waals surface area contributed by atoms with Crippen molar-refractivity contribution in [3.05, 3.63) is 71.7 Å². The van der Waals surface area contributed by atoms with Crippen LogP contribution in [0.4, 0.5) is 4.39 Å². The number of aromatic nitrogens is 1. The Morgan fingerprint density at radius 1 is 1.05 bits per heavy atom. The van der Waals surface area contributed by atoms with Crippen molar-refractivity contribution in [1.82, 2.24) is 4.57 Å². The van der Waals surface area contributed by atoms with Crippen LogP contribution in [-0.4, -0.2) is 9.67 Å². The summed E-state index contributed by atoms with van der Waals surface area (Å²) in [5.74, 6) is -0.218. The highest BCUT2D eigenvalue weighted by Gasteiger charge is 2.05. The Hall–Kier alpha value is -2.13. The van der Waals surface area contributed by atoms with Gasteiger partial charge in [0.1, 0.15) is 5.82 Å². The molecule has 0 aliphatic carbocycles. The van der Waals surface area contributed by atoms with Gasteiger partial charge >= 0.3 is 0 Å². The third kappa shape index (κ3) is 2.25. The van der Waals surface area contributed by atoms with Gasteiger partial charge in [0.15, 0.2) is 0 Å². The van der Waals surface area contributed by atoms with Crippen molar-refractivity contribution in [2.75, 3.05) is 0 Å². The number of rotatable bonds is 3. The van der Waals surface area contributed by atoms with Gasteiger partial charge in [-0.05, 0) is 35.4 Å². The first kappa shape index (κ1) is 11.9. The highest BCUT2D eigenvalue weighted by atomic mass is 19.1. The molecule has 0 spiro atoms. The summed E-state index contributed by atoms with van der Waals surface area (Å²) in [6.45, 7) is 0.650. The molecule has 0 saturated heterocycles. The molecule has 3 aromatic rings. The van der Waals surface area contributed by atoms with Crippen LogP contribution < -0.4 is 0 Å². The number of fused-ring (bicyclic) bond motifs is 1. The van der Waals surface area contributed by atoms with Crippen LogP contribution in [0.3, 0.4) is 0 Å². The Morgan fingerprint density at radius 3 is 2.68 bits per heavy atom. The predicted molar refractivity (Wildman–Crippen MR) is 73.4 cm³/mol. The summed E-state index contributed by atoms with van der Waals surface area (Å²) in [7, 11) is 0. The molecule has 1 heterocycles. The molecule has 2 aromatic carbocycles. The van der Waals surface area contributed by atoms with Crippen LogP contribution in [0.5, 0.6) is 0 Å². The van der Waals surface area contributed by atoms with E-state index in [4.69, 9.17) is 0 Å². The summed E-state index contributed by atoms with van der Waals surface area (Å²) in [5, 5.41) is 10.4. The van der Waals surface area contributed by atoms with Crippen LogP contribution in [0.1, 0.15) is 11.1 Å².